The number of ether oxygens (including phenoxy) is 1. The lowest BCUT2D eigenvalue weighted by molar-refractivity contribution is -0.130. The van der Waals surface area contributed by atoms with Gasteiger partial charge in [0.1, 0.15) is 18.2 Å². The Kier molecular flexibility index (Phi) is 6.09. The summed E-state index contributed by atoms with van der Waals surface area (Å²) in [6.07, 6.45) is 5.03. The summed E-state index contributed by atoms with van der Waals surface area (Å²) in [5, 5.41) is 0. The van der Waals surface area contributed by atoms with Crippen LogP contribution in [0.25, 0.3) is 0 Å². The normalized spacial score (nSPS) is 19.7. The number of nitrogens with zero attached hydrogens (tertiary/aromatic N) is 4. The summed E-state index contributed by atoms with van der Waals surface area (Å²) in [6, 6.07) is 8.18. The number of carbonyl (C=O) groups excluding carboxylic acids is 1. The highest BCUT2D eigenvalue weighted by Crippen LogP contribution is 2.26. The molecule has 6 nitrogen and oxygen atoms in total. The van der Waals surface area contributed by atoms with Crippen LogP contribution < -0.4 is 4.74 Å². The Morgan fingerprint density at radius 1 is 1.31 bits per heavy atom. The van der Waals surface area contributed by atoms with Crippen molar-refractivity contribution >= 4 is 5.91 Å². The Bertz CT molecular complexity index is 870. The maximum atomic E-state index is 11.7. The van der Waals surface area contributed by atoms with Gasteiger partial charge in [-0.1, -0.05) is 12.1 Å². The van der Waals surface area contributed by atoms with E-state index >= 15 is 0 Å². The van der Waals surface area contributed by atoms with Gasteiger partial charge in [-0.3, -0.25) is 9.69 Å². The Morgan fingerprint density at radius 3 is 3.03 bits per heavy atom. The molecule has 3 heterocycles. The van der Waals surface area contributed by atoms with E-state index in [4.69, 9.17) is 9.72 Å². The van der Waals surface area contributed by atoms with E-state index < -0.39 is 0 Å². The van der Waals surface area contributed by atoms with E-state index in [0.29, 0.717) is 6.61 Å². The largest absolute Gasteiger partial charge is 0.492 e. The van der Waals surface area contributed by atoms with Gasteiger partial charge in [-0.05, 0) is 37.5 Å². The van der Waals surface area contributed by atoms with Gasteiger partial charge in [-0.15, -0.1) is 0 Å². The Balaban J connectivity index is 1.32. The van der Waals surface area contributed by atoms with Crippen LogP contribution in [0.15, 0.2) is 30.5 Å². The zero-order chi connectivity index (χ0) is 20.2. The molecule has 29 heavy (non-hydrogen) atoms. The zero-order valence-electron chi connectivity index (χ0n) is 17.4. The third-order valence-electron chi connectivity index (χ3n) is 5.93. The molecule has 1 aromatic heterocycles. The van der Waals surface area contributed by atoms with E-state index in [1.54, 1.807) is 6.92 Å². The predicted octanol–water partition coefficient (Wildman–Crippen LogP) is 2.95. The summed E-state index contributed by atoms with van der Waals surface area (Å²) in [5.41, 5.74) is 3.60. The fraction of sp³-hybridized carbons (Fsp3) is 0.522. The highest BCUT2D eigenvalue weighted by Gasteiger charge is 2.26. The summed E-state index contributed by atoms with van der Waals surface area (Å²) in [4.78, 5) is 25.6. The molecule has 0 N–H and O–H groups in total. The summed E-state index contributed by atoms with van der Waals surface area (Å²) in [5.74, 6) is 2.25. The van der Waals surface area contributed by atoms with Gasteiger partial charge in [0, 0.05) is 69.4 Å². The van der Waals surface area contributed by atoms with Crippen molar-refractivity contribution in [3.63, 3.8) is 0 Å². The molecule has 1 saturated heterocycles. The number of aromatic nitrogens is 2. The molecule has 0 saturated carbocycles. The average molecular weight is 395 g/mol. The maximum Gasteiger partial charge on any atom is 0.219 e. The Hall–Kier alpha value is -2.47. The third kappa shape index (κ3) is 4.93. The lowest BCUT2D eigenvalue weighted by atomic mass is 9.96. The first-order valence-electron chi connectivity index (χ1n) is 10.6. The second-order valence-corrected chi connectivity index (χ2v) is 8.20. The molecule has 1 amide bonds. The molecule has 154 valence electrons. The second kappa shape index (κ2) is 8.91. The highest BCUT2D eigenvalue weighted by molar-refractivity contribution is 5.73. The zero-order valence-corrected chi connectivity index (χ0v) is 17.4. The smallest absolute Gasteiger partial charge is 0.219 e. The van der Waals surface area contributed by atoms with Crippen LogP contribution in [-0.2, 0) is 17.8 Å². The van der Waals surface area contributed by atoms with Crippen molar-refractivity contribution in [1.29, 1.82) is 0 Å². The molecule has 1 unspecified atom stereocenters. The molecule has 2 aliphatic heterocycles. The minimum Gasteiger partial charge on any atom is -0.492 e. The number of benzene rings is 1. The van der Waals surface area contributed by atoms with Crippen LogP contribution in [-0.4, -0.2) is 58.5 Å². The Labute approximate surface area is 172 Å². The van der Waals surface area contributed by atoms with Gasteiger partial charge < -0.3 is 9.64 Å². The van der Waals surface area contributed by atoms with Crippen LogP contribution in [0.5, 0.6) is 5.75 Å². The number of amides is 1. The summed E-state index contributed by atoms with van der Waals surface area (Å²) >= 11 is 0. The number of aryl methyl sites for hydroxylation is 1. The van der Waals surface area contributed by atoms with Crippen LogP contribution in [0.3, 0.4) is 0 Å². The first-order valence-corrected chi connectivity index (χ1v) is 10.6. The first-order chi connectivity index (χ1) is 14.1. The molecule has 0 bridgehead atoms. The van der Waals surface area contributed by atoms with Gasteiger partial charge in [0.2, 0.25) is 5.91 Å². The number of fused-ring (bicyclic) bond motifs is 1. The average Bonchev–Trinajstić information content (AvgIpc) is 2.73. The maximum absolute atomic E-state index is 11.7. The van der Waals surface area contributed by atoms with E-state index in [-0.39, 0.29) is 11.8 Å². The van der Waals surface area contributed by atoms with Gasteiger partial charge >= 0.3 is 0 Å². The fourth-order valence-corrected chi connectivity index (χ4v) is 4.25. The molecule has 1 atom stereocenters. The molecule has 6 heteroatoms. The van der Waals surface area contributed by atoms with Gasteiger partial charge in [0.15, 0.2) is 0 Å². The SMILES string of the molecule is CC(=O)N1CCCC(c2ncc3c(n2)CCN(CCOc2cccc(C)c2)C3)C1. The molecule has 1 aromatic carbocycles. The minimum atomic E-state index is 0.149. The highest BCUT2D eigenvalue weighted by atomic mass is 16.5. The van der Waals surface area contributed by atoms with Crippen LogP contribution >= 0.6 is 0 Å². The van der Waals surface area contributed by atoms with E-state index in [9.17, 15) is 4.79 Å². The molecule has 2 aliphatic rings. The molecule has 4 rings (SSSR count). The summed E-state index contributed by atoms with van der Waals surface area (Å²) in [6.45, 7) is 8.77. The van der Waals surface area contributed by atoms with Gasteiger partial charge in [0.25, 0.3) is 0 Å². The second-order valence-electron chi connectivity index (χ2n) is 8.20. The Morgan fingerprint density at radius 2 is 2.21 bits per heavy atom. The van der Waals surface area contributed by atoms with Crippen molar-refractivity contribution in [2.45, 2.75) is 45.6 Å². The number of hydrogen-bond donors (Lipinski definition) is 0. The standard InChI is InChI=1S/C23H30N4O2/c1-17-5-3-7-21(13-17)29-12-11-26-10-8-22-20(15-26)14-24-23(25-22)19-6-4-9-27(16-19)18(2)28/h3,5,7,13-14,19H,4,6,8-12,15-16H2,1-2H3. The number of rotatable bonds is 5. The quantitative estimate of drug-likeness (QED) is 0.780. The monoisotopic (exact) mass is 394 g/mol. The molecule has 0 spiro atoms. The van der Waals surface area contributed by atoms with Gasteiger partial charge in [-0.25, -0.2) is 9.97 Å². The molecule has 1 fully saturated rings. The molecule has 0 aliphatic carbocycles. The molecule has 2 aromatic rings. The van der Waals surface area contributed by atoms with Crippen LogP contribution in [0.1, 0.15) is 48.3 Å². The topological polar surface area (TPSA) is 58.6 Å². The van der Waals surface area contributed by atoms with Crippen molar-refractivity contribution in [1.82, 2.24) is 19.8 Å². The molecular weight excluding hydrogens is 364 g/mol. The van der Waals surface area contributed by atoms with Crippen molar-refractivity contribution < 1.29 is 9.53 Å². The van der Waals surface area contributed by atoms with E-state index in [2.05, 4.69) is 28.9 Å². The van der Waals surface area contributed by atoms with Crippen molar-refractivity contribution in [3.8, 4) is 5.75 Å². The van der Waals surface area contributed by atoms with Crippen LogP contribution in [0, 0.1) is 6.92 Å². The van der Waals surface area contributed by atoms with Crippen molar-refractivity contribution in [2.75, 3.05) is 32.8 Å². The number of piperidine rings is 1. The van der Waals surface area contributed by atoms with Crippen molar-refractivity contribution in [3.05, 3.63) is 53.1 Å². The number of carbonyl (C=O) groups is 1. The van der Waals surface area contributed by atoms with E-state index in [0.717, 1.165) is 63.6 Å². The number of hydrogen-bond acceptors (Lipinski definition) is 5. The lowest BCUT2D eigenvalue weighted by Crippen LogP contribution is -2.38. The first kappa shape index (κ1) is 19.8. The van der Waals surface area contributed by atoms with Crippen molar-refractivity contribution in [2.24, 2.45) is 0 Å². The number of likely N-dealkylation sites (tertiary alicyclic amines) is 1. The van der Waals surface area contributed by atoms with Gasteiger partial charge in [0.05, 0.1) is 0 Å². The third-order valence-corrected chi connectivity index (χ3v) is 5.93. The lowest BCUT2D eigenvalue weighted by Gasteiger charge is -2.32. The summed E-state index contributed by atoms with van der Waals surface area (Å²) in [7, 11) is 0. The molecule has 0 radical (unpaired) electrons. The van der Waals surface area contributed by atoms with Crippen LogP contribution in [0.2, 0.25) is 0 Å². The summed E-state index contributed by atoms with van der Waals surface area (Å²) < 4.78 is 5.90. The minimum absolute atomic E-state index is 0.149. The van der Waals surface area contributed by atoms with E-state index in [1.165, 1.54) is 16.8 Å². The molecular formula is C23H30N4O2. The van der Waals surface area contributed by atoms with Crippen LogP contribution in [0.4, 0.5) is 0 Å². The van der Waals surface area contributed by atoms with E-state index in [1.807, 2.05) is 23.2 Å². The van der Waals surface area contributed by atoms with Gasteiger partial charge in [-0.2, -0.15) is 0 Å². The fourth-order valence-electron chi connectivity index (χ4n) is 4.25. The predicted molar refractivity (Wildman–Crippen MR) is 112 cm³/mol.